The van der Waals surface area contributed by atoms with Gasteiger partial charge in [0.25, 0.3) is 0 Å². The third-order valence-corrected chi connectivity index (χ3v) is 3.04. The largest absolute Gasteiger partial charge is 0.369 e. The number of hydrogen-bond donors (Lipinski definition) is 0. The van der Waals surface area contributed by atoms with Gasteiger partial charge in [-0.15, -0.1) is 0 Å². The maximum atomic E-state index is 12.1. The predicted octanol–water partition coefficient (Wildman–Crippen LogP) is 1.57. The Morgan fingerprint density at radius 3 is 3.06 bits per heavy atom. The molecule has 0 bridgehead atoms. The van der Waals surface area contributed by atoms with E-state index in [1.165, 1.54) is 0 Å². The van der Waals surface area contributed by atoms with Gasteiger partial charge in [-0.25, -0.2) is 0 Å². The van der Waals surface area contributed by atoms with E-state index < -0.39 is 0 Å². The molecular formula is C13H19N3O2. The molecule has 2 rings (SSSR count). The summed E-state index contributed by atoms with van der Waals surface area (Å²) in [6.45, 7) is 4.78. The Morgan fingerprint density at radius 1 is 1.56 bits per heavy atom. The molecule has 0 N–H and O–H groups in total. The maximum Gasteiger partial charge on any atom is 0.249 e. The molecule has 98 valence electrons. The van der Waals surface area contributed by atoms with Crippen LogP contribution in [0.4, 0.5) is 0 Å². The smallest absolute Gasteiger partial charge is 0.249 e. The standard InChI is InChI=1S/C13H19N3O2/c1-10(2)18-9-13(17)16-7-3-4-12(16)11-8-14-5-6-15-11/h5-6,8,10,12H,3-4,7,9H2,1-2H3. The molecule has 1 aliphatic heterocycles. The summed E-state index contributed by atoms with van der Waals surface area (Å²) in [6, 6.07) is 0.0574. The summed E-state index contributed by atoms with van der Waals surface area (Å²) >= 11 is 0. The highest BCUT2D eigenvalue weighted by atomic mass is 16.5. The first kappa shape index (κ1) is 13.0. The number of likely N-dealkylation sites (tertiary alicyclic amines) is 1. The highest BCUT2D eigenvalue weighted by Gasteiger charge is 2.30. The Labute approximate surface area is 107 Å². The zero-order valence-electron chi connectivity index (χ0n) is 10.9. The molecule has 0 aliphatic carbocycles. The Morgan fingerprint density at radius 2 is 2.39 bits per heavy atom. The fourth-order valence-electron chi connectivity index (χ4n) is 2.18. The molecule has 1 fully saturated rings. The van der Waals surface area contributed by atoms with Crippen molar-refractivity contribution in [2.24, 2.45) is 0 Å². The first-order valence-corrected chi connectivity index (χ1v) is 6.35. The molecule has 0 radical (unpaired) electrons. The number of carbonyl (C=O) groups is 1. The average Bonchev–Trinajstić information content (AvgIpc) is 2.86. The van der Waals surface area contributed by atoms with E-state index in [0.29, 0.717) is 0 Å². The minimum absolute atomic E-state index is 0.0388. The van der Waals surface area contributed by atoms with E-state index in [4.69, 9.17) is 4.74 Å². The maximum absolute atomic E-state index is 12.1. The zero-order valence-corrected chi connectivity index (χ0v) is 10.9. The minimum Gasteiger partial charge on any atom is -0.369 e. The van der Waals surface area contributed by atoms with Gasteiger partial charge >= 0.3 is 0 Å². The van der Waals surface area contributed by atoms with Crippen molar-refractivity contribution in [1.82, 2.24) is 14.9 Å². The number of carbonyl (C=O) groups excluding carboxylic acids is 1. The summed E-state index contributed by atoms with van der Waals surface area (Å²) in [5.41, 5.74) is 0.868. The van der Waals surface area contributed by atoms with Crippen LogP contribution in [0.1, 0.15) is 38.4 Å². The van der Waals surface area contributed by atoms with Crippen LogP contribution in [0.25, 0.3) is 0 Å². The van der Waals surface area contributed by atoms with Gasteiger partial charge in [0.2, 0.25) is 5.91 Å². The molecule has 1 aromatic heterocycles. The second-order valence-electron chi connectivity index (χ2n) is 4.74. The summed E-state index contributed by atoms with van der Waals surface area (Å²) < 4.78 is 5.37. The molecule has 2 heterocycles. The molecule has 5 nitrogen and oxygen atoms in total. The van der Waals surface area contributed by atoms with E-state index >= 15 is 0 Å². The lowest BCUT2D eigenvalue weighted by Crippen LogP contribution is -2.34. The molecule has 5 heteroatoms. The van der Waals surface area contributed by atoms with E-state index in [9.17, 15) is 4.79 Å². The zero-order chi connectivity index (χ0) is 13.0. The van der Waals surface area contributed by atoms with Gasteiger partial charge in [0.05, 0.1) is 24.0 Å². The van der Waals surface area contributed by atoms with Crippen LogP contribution in [-0.4, -0.2) is 40.0 Å². The lowest BCUT2D eigenvalue weighted by molar-refractivity contribution is -0.138. The van der Waals surface area contributed by atoms with Crippen LogP contribution in [0.15, 0.2) is 18.6 Å². The van der Waals surface area contributed by atoms with Gasteiger partial charge in [-0.2, -0.15) is 0 Å². The van der Waals surface area contributed by atoms with Crippen molar-refractivity contribution in [2.75, 3.05) is 13.2 Å². The number of hydrogen-bond acceptors (Lipinski definition) is 4. The van der Waals surface area contributed by atoms with Crippen LogP contribution < -0.4 is 0 Å². The van der Waals surface area contributed by atoms with E-state index in [1.807, 2.05) is 18.7 Å². The molecule has 0 spiro atoms. The van der Waals surface area contributed by atoms with Crippen LogP contribution >= 0.6 is 0 Å². The highest BCUT2D eigenvalue weighted by molar-refractivity contribution is 5.78. The molecule has 1 unspecified atom stereocenters. The quantitative estimate of drug-likeness (QED) is 0.812. The average molecular weight is 249 g/mol. The van der Waals surface area contributed by atoms with Crippen LogP contribution in [0.3, 0.4) is 0 Å². The number of rotatable bonds is 4. The van der Waals surface area contributed by atoms with Gasteiger partial charge in [-0.05, 0) is 26.7 Å². The van der Waals surface area contributed by atoms with E-state index in [2.05, 4.69) is 9.97 Å². The normalized spacial score (nSPS) is 19.5. The molecule has 1 aliphatic rings. The monoisotopic (exact) mass is 249 g/mol. The third kappa shape index (κ3) is 3.04. The molecular weight excluding hydrogens is 230 g/mol. The van der Waals surface area contributed by atoms with Crippen LogP contribution in [0.5, 0.6) is 0 Å². The van der Waals surface area contributed by atoms with Crippen molar-refractivity contribution in [3.8, 4) is 0 Å². The number of amides is 1. The van der Waals surface area contributed by atoms with Crippen molar-refractivity contribution >= 4 is 5.91 Å². The van der Waals surface area contributed by atoms with Crippen molar-refractivity contribution in [2.45, 2.75) is 38.8 Å². The van der Waals surface area contributed by atoms with Crippen molar-refractivity contribution in [1.29, 1.82) is 0 Å². The second kappa shape index (κ2) is 5.91. The van der Waals surface area contributed by atoms with Crippen molar-refractivity contribution < 1.29 is 9.53 Å². The van der Waals surface area contributed by atoms with Gasteiger partial charge in [0.1, 0.15) is 6.61 Å². The van der Waals surface area contributed by atoms with Gasteiger partial charge in [0, 0.05) is 18.9 Å². The molecule has 1 amide bonds. The first-order chi connectivity index (χ1) is 8.68. The van der Waals surface area contributed by atoms with Crippen molar-refractivity contribution in [3.63, 3.8) is 0 Å². The summed E-state index contributed by atoms with van der Waals surface area (Å²) in [5.74, 6) is 0.0388. The summed E-state index contributed by atoms with van der Waals surface area (Å²) in [5, 5.41) is 0. The minimum atomic E-state index is 0.0388. The van der Waals surface area contributed by atoms with Gasteiger partial charge in [-0.1, -0.05) is 0 Å². The summed E-state index contributed by atoms with van der Waals surface area (Å²) in [7, 11) is 0. The molecule has 0 aromatic carbocycles. The van der Waals surface area contributed by atoms with Crippen LogP contribution in [0, 0.1) is 0 Å². The number of nitrogens with zero attached hydrogens (tertiary/aromatic N) is 3. The lowest BCUT2D eigenvalue weighted by Gasteiger charge is -2.24. The van der Waals surface area contributed by atoms with Gasteiger partial charge < -0.3 is 9.64 Å². The number of ether oxygens (including phenoxy) is 1. The van der Waals surface area contributed by atoms with E-state index in [0.717, 1.165) is 25.1 Å². The summed E-state index contributed by atoms with van der Waals surface area (Å²) in [6.07, 6.45) is 7.08. The lowest BCUT2D eigenvalue weighted by atomic mass is 10.1. The van der Waals surface area contributed by atoms with Gasteiger partial charge in [-0.3, -0.25) is 14.8 Å². The second-order valence-corrected chi connectivity index (χ2v) is 4.74. The first-order valence-electron chi connectivity index (χ1n) is 6.35. The molecule has 18 heavy (non-hydrogen) atoms. The SMILES string of the molecule is CC(C)OCC(=O)N1CCCC1c1cnccn1. The topological polar surface area (TPSA) is 55.3 Å². The highest BCUT2D eigenvalue weighted by Crippen LogP contribution is 2.30. The molecule has 1 aromatic rings. The Balaban J connectivity index is 2.01. The third-order valence-electron chi connectivity index (χ3n) is 3.04. The Bertz CT molecular complexity index is 394. The van der Waals surface area contributed by atoms with Gasteiger partial charge in [0.15, 0.2) is 0 Å². The Hall–Kier alpha value is -1.49. The van der Waals surface area contributed by atoms with Crippen LogP contribution in [0.2, 0.25) is 0 Å². The predicted molar refractivity (Wildman–Crippen MR) is 66.8 cm³/mol. The van der Waals surface area contributed by atoms with Crippen LogP contribution in [-0.2, 0) is 9.53 Å². The fourth-order valence-corrected chi connectivity index (χ4v) is 2.18. The summed E-state index contributed by atoms with van der Waals surface area (Å²) in [4.78, 5) is 22.3. The molecule has 1 atom stereocenters. The van der Waals surface area contributed by atoms with E-state index in [-0.39, 0.29) is 24.7 Å². The molecule has 0 saturated carbocycles. The van der Waals surface area contributed by atoms with Crippen molar-refractivity contribution in [3.05, 3.63) is 24.3 Å². The fraction of sp³-hybridized carbons (Fsp3) is 0.615. The van der Waals surface area contributed by atoms with E-state index in [1.54, 1.807) is 18.6 Å². The number of aromatic nitrogens is 2. The molecule has 1 saturated heterocycles. The Kier molecular flexibility index (Phi) is 4.25.